The first-order valence-electron chi connectivity index (χ1n) is 8.15. The molecule has 3 heteroatoms. The molecule has 1 atom stereocenters. The maximum Gasteiger partial charge on any atom is 0.239 e. The van der Waals surface area contributed by atoms with Crippen molar-refractivity contribution < 1.29 is 4.79 Å². The molecule has 1 N–H and O–H groups in total. The van der Waals surface area contributed by atoms with Gasteiger partial charge in [0.2, 0.25) is 5.91 Å². The Labute approximate surface area is 125 Å². The van der Waals surface area contributed by atoms with Gasteiger partial charge in [-0.3, -0.25) is 4.79 Å². The summed E-state index contributed by atoms with van der Waals surface area (Å²) in [5.41, 5.74) is 0.717. The highest BCUT2D eigenvalue weighted by Gasteiger charge is 2.39. The number of carbonyl (C=O) groups excluding carboxylic acids is 1. The third kappa shape index (κ3) is 4.76. The number of likely N-dealkylation sites (N-methyl/N-ethyl adjacent to an activating group) is 1. The summed E-state index contributed by atoms with van der Waals surface area (Å²) < 4.78 is 0. The Bertz CT molecular complexity index is 316. The summed E-state index contributed by atoms with van der Waals surface area (Å²) in [6, 6.07) is 0.368. The number of amides is 1. The van der Waals surface area contributed by atoms with E-state index >= 15 is 0 Å². The van der Waals surface area contributed by atoms with Crippen LogP contribution in [0.5, 0.6) is 0 Å². The van der Waals surface area contributed by atoms with E-state index in [-0.39, 0.29) is 11.9 Å². The van der Waals surface area contributed by atoms with E-state index in [9.17, 15) is 4.79 Å². The van der Waals surface area contributed by atoms with Gasteiger partial charge in [-0.1, -0.05) is 27.7 Å². The summed E-state index contributed by atoms with van der Waals surface area (Å²) in [6.07, 6.45) is 3.58. The molecule has 0 aromatic rings. The van der Waals surface area contributed by atoms with Crippen LogP contribution >= 0.6 is 0 Å². The predicted octanol–water partition coefficient (Wildman–Crippen LogP) is 3.44. The van der Waals surface area contributed by atoms with E-state index in [1.54, 1.807) is 0 Å². The first-order chi connectivity index (χ1) is 9.10. The lowest BCUT2D eigenvalue weighted by Gasteiger charge is -2.46. The molecule has 1 rings (SSSR count). The third-order valence-corrected chi connectivity index (χ3v) is 4.49. The van der Waals surface area contributed by atoms with Gasteiger partial charge in [0.1, 0.15) is 0 Å². The van der Waals surface area contributed by atoms with Gasteiger partial charge in [-0.15, -0.1) is 0 Å². The van der Waals surface area contributed by atoms with Crippen molar-refractivity contribution in [2.24, 2.45) is 10.8 Å². The lowest BCUT2D eigenvalue weighted by molar-refractivity contribution is -0.133. The second-order valence-electron chi connectivity index (χ2n) is 8.01. The summed E-state index contributed by atoms with van der Waals surface area (Å²) in [4.78, 5) is 14.3. The minimum atomic E-state index is -0.0791. The molecule has 1 saturated carbocycles. The quantitative estimate of drug-likeness (QED) is 0.838. The number of nitrogens with one attached hydrogen (secondary N) is 1. The molecule has 0 radical (unpaired) electrons. The standard InChI is InChI=1S/C17H34N2O/c1-8-19(9-2)15(20)13(3)18-14-10-16(4,5)12-17(6,7)11-14/h13-14,18H,8-12H2,1-7H3. The SMILES string of the molecule is CCN(CC)C(=O)C(C)NC1CC(C)(C)CC(C)(C)C1. The fraction of sp³-hybridized carbons (Fsp3) is 0.941. The molecule has 0 heterocycles. The molecule has 1 unspecified atom stereocenters. The zero-order chi connectivity index (χ0) is 15.6. The minimum Gasteiger partial charge on any atom is -0.342 e. The van der Waals surface area contributed by atoms with Crippen LogP contribution in [-0.2, 0) is 4.79 Å². The fourth-order valence-corrected chi connectivity index (χ4v) is 4.20. The molecule has 1 aliphatic rings. The van der Waals surface area contributed by atoms with E-state index in [1.807, 2.05) is 25.7 Å². The van der Waals surface area contributed by atoms with Crippen molar-refractivity contribution in [3.63, 3.8) is 0 Å². The monoisotopic (exact) mass is 282 g/mol. The maximum atomic E-state index is 12.4. The summed E-state index contributed by atoms with van der Waals surface area (Å²) >= 11 is 0. The first kappa shape index (κ1) is 17.5. The van der Waals surface area contributed by atoms with Gasteiger partial charge in [-0.2, -0.15) is 0 Å². The van der Waals surface area contributed by atoms with Crippen molar-refractivity contribution in [2.45, 2.75) is 79.8 Å². The highest BCUT2D eigenvalue weighted by atomic mass is 16.2. The molecule has 0 aromatic heterocycles. The van der Waals surface area contributed by atoms with Crippen LogP contribution in [0.4, 0.5) is 0 Å². The van der Waals surface area contributed by atoms with Crippen LogP contribution in [0, 0.1) is 10.8 Å². The Morgan fingerprint density at radius 1 is 1.15 bits per heavy atom. The van der Waals surface area contributed by atoms with E-state index in [0.717, 1.165) is 25.9 Å². The first-order valence-corrected chi connectivity index (χ1v) is 8.15. The minimum absolute atomic E-state index is 0.0791. The van der Waals surface area contributed by atoms with Crippen LogP contribution in [0.15, 0.2) is 0 Å². The van der Waals surface area contributed by atoms with Crippen molar-refractivity contribution in [2.75, 3.05) is 13.1 Å². The number of rotatable bonds is 5. The highest BCUT2D eigenvalue weighted by molar-refractivity contribution is 5.81. The molecule has 118 valence electrons. The average Bonchev–Trinajstić information content (AvgIpc) is 2.25. The molecule has 1 amide bonds. The van der Waals surface area contributed by atoms with Crippen LogP contribution in [-0.4, -0.2) is 36.0 Å². The number of nitrogens with zero attached hydrogens (tertiary/aromatic N) is 1. The summed E-state index contributed by atoms with van der Waals surface area (Å²) in [5, 5.41) is 3.59. The average molecular weight is 282 g/mol. The van der Waals surface area contributed by atoms with Gasteiger partial charge < -0.3 is 10.2 Å². The zero-order valence-electron chi connectivity index (χ0n) is 14.5. The van der Waals surface area contributed by atoms with E-state index in [1.165, 1.54) is 6.42 Å². The Morgan fingerprint density at radius 3 is 2.00 bits per heavy atom. The lowest BCUT2D eigenvalue weighted by atomic mass is 9.63. The molecule has 20 heavy (non-hydrogen) atoms. The smallest absolute Gasteiger partial charge is 0.239 e. The van der Waals surface area contributed by atoms with Gasteiger partial charge in [-0.25, -0.2) is 0 Å². The Kier molecular flexibility index (Phi) is 5.65. The third-order valence-electron chi connectivity index (χ3n) is 4.49. The van der Waals surface area contributed by atoms with Gasteiger partial charge in [-0.05, 0) is 50.9 Å². The lowest BCUT2D eigenvalue weighted by Crippen LogP contribution is -2.52. The molecule has 0 spiro atoms. The number of hydrogen-bond acceptors (Lipinski definition) is 2. The van der Waals surface area contributed by atoms with Crippen molar-refractivity contribution >= 4 is 5.91 Å². The van der Waals surface area contributed by atoms with Crippen LogP contribution in [0.2, 0.25) is 0 Å². The van der Waals surface area contributed by atoms with Crippen LogP contribution in [0.3, 0.4) is 0 Å². The second kappa shape index (κ2) is 6.46. The van der Waals surface area contributed by atoms with Gasteiger partial charge in [0, 0.05) is 19.1 Å². The predicted molar refractivity (Wildman–Crippen MR) is 85.7 cm³/mol. The summed E-state index contributed by atoms with van der Waals surface area (Å²) in [6.45, 7) is 17.1. The van der Waals surface area contributed by atoms with Gasteiger partial charge in [0.15, 0.2) is 0 Å². The molecule has 0 bridgehead atoms. The topological polar surface area (TPSA) is 32.3 Å². The van der Waals surface area contributed by atoms with Crippen LogP contribution in [0.1, 0.15) is 67.7 Å². The molecule has 3 nitrogen and oxygen atoms in total. The van der Waals surface area contributed by atoms with Gasteiger partial charge >= 0.3 is 0 Å². The molecule has 1 fully saturated rings. The van der Waals surface area contributed by atoms with Crippen LogP contribution in [0.25, 0.3) is 0 Å². The van der Waals surface area contributed by atoms with Gasteiger partial charge in [0.25, 0.3) is 0 Å². The van der Waals surface area contributed by atoms with Crippen molar-refractivity contribution in [3.8, 4) is 0 Å². The van der Waals surface area contributed by atoms with E-state index in [2.05, 4.69) is 33.0 Å². The second-order valence-corrected chi connectivity index (χ2v) is 8.01. The Morgan fingerprint density at radius 2 is 1.60 bits per heavy atom. The molecule has 0 aliphatic heterocycles. The highest BCUT2D eigenvalue weighted by Crippen LogP contribution is 2.45. The summed E-state index contributed by atoms with van der Waals surface area (Å²) in [7, 11) is 0. The normalized spacial score (nSPS) is 23.4. The maximum absolute atomic E-state index is 12.4. The number of hydrogen-bond donors (Lipinski definition) is 1. The fourth-order valence-electron chi connectivity index (χ4n) is 4.20. The molecule has 1 aliphatic carbocycles. The molecule has 0 saturated heterocycles. The van der Waals surface area contributed by atoms with Gasteiger partial charge in [0.05, 0.1) is 6.04 Å². The zero-order valence-corrected chi connectivity index (χ0v) is 14.5. The van der Waals surface area contributed by atoms with E-state index < -0.39 is 0 Å². The van der Waals surface area contributed by atoms with Crippen molar-refractivity contribution in [3.05, 3.63) is 0 Å². The van der Waals surface area contributed by atoms with E-state index in [0.29, 0.717) is 16.9 Å². The van der Waals surface area contributed by atoms with Crippen LogP contribution < -0.4 is 5.32 Å². The summed E-state index contributed by atoms with van der Waals surface area (Å²) in [5.74, 6) is 0.233. The molecular weight excluding hydrogens is 248 g/mol. The Balaban J connectivity index is 2.65. The van der Waals surface area contributed by atoms with E-state index in [4.69, 9.17) is 0 Å². The Hall–Kier alpha value is -0.570. The molecular formula is C17H34N2O. The van der Waals surface area contributed by atoms with Crippen molar-refractivity contribution in [1.82, 2.24) is 10.2 Å². The number of carbonyl (C=O) groups is 1. The largest absolute Gasteiger partial charge is 0.342 e. The van der Waals surface area contributed by atoms with Crippen molar-refractivity contribution in [1.29, 1.82) is 0 Å². The molecule has 0 aromatic carbocycles.